The fourth-order valence-electron chi connectivity index (χ4n) is 2.89. The molecule has 8 heteroatoms. The highest BCUT2D eigenvalue weighted by Gasteiger charge is 2.72. The lowest BCUT2D eigenvalue weighted by molar-refractivity contribution is -0.118. The summed E-state index contributed by atoms with van der Waals surface area (Å²) in [6.45, 7) is 1.74. The second-order valence-electron chi connectivity index (χ2n) is 5.79. The monoisotopic (exact) mass is 372 g/mol. The van der Waals surface area contributed by atoms with E-state index < -0.39 is 29.4 Å². The van der Waals surface area contributed by atoms with Gasteiger partial charge >= 0.3 is 5.97 Å². The lowest BCUT2D eigenvalue weighted by Gasteiger charge is -2.17. The molecule has 2 unspecified atom stereocenters. The molecule has 0 spiro atoms. The molecule has 2 atom stereocenters. The van der Waals surface area contributed by atoms with Gasteiger partial charge in [-0.25, -0.2) is 4.79 Å². The number of methoxy groups -OCH3 is 2. The topological polar surface area (TPSA) is 108 Å². The SMILES string of the molecule is C/C=C/C1=CC(=O)C2(C(=O)c3c(C=O)cc(OC)cc3C(=O)OC)OC2O1. The summed E-state index contributed by atoms with van der Waals surface area (Å²) in [5.41, 5.74) is -2.52. The third kappa shape index (κ3) is 2.83. The second-order valence-corrected chi connectivity index (χ2v) is 5.79. The molecule has 2 aliphatic rings. The van der Waals surface area contributed by atoms with Gasteiger partial charge in [-0.1, -0.05) is 6.08 Å². The Morgan fingerprint density at radius 2 is 2.00 bits per heavy atom. The molecule has 0 aromatic heterocycles. The number of Topliss-reactive ketones (excluding diaryl/α,β-unsaturated/α-hetero) is 1. The summed E-state index contributed by atoms with van der Waals surface area (Å²) in [5.74, 6) is -1.89. The minimum absolute atomic E-state index is 0.126. The van der Waals surface area contributed by atoms with Gasteiger partial charge in [0.2, 0.25) is 17.9 Å². The molecule has 8 nitrogen and oxygen atoms in total. The molecule has 0 radical (unpaired) electrons. The Morgan fingerprint density at radius 1 is 1.26 bits per heavy atom. The largest absolute Gasteiger partial charge is 0.497 e. The maximum absolute atomic E-state index is 13.2. The summed E-state index contributed by atoms with van der Waals surface area (Å²) in [6, 6.07) is 2.55. The van der Waals surface area contributed by atoms with Gasteiger partial charge in [-0.3, -0.25) is 14.4 Å². The van der Waals surface area contributed by atoms with Crippen LogP contribution < -0.4 is 4.74 Å². The standard InChI is InChI=1S/C19H16O8/c1-4-5-11-8-14(21)19(18(26-11)27-19)16(22)15-10(9-20)6-12(24-2)7-13(15)17(23)25-3/h4-9,18H,1-3H3/b5-4+. The number of carbonyl (C=O) groups is 4. The first-order valence-electron chi connectivity index (χ1n) is 7.96. The number of ketones is 2. The Bertz CT molecular complexity index is 911. The van der Waals surface area contributed by atoms with Crippen LogP contribution in [0.1, 0.15) is 38.0 Å². The lowest BCUT2D eigenvalue weighted by Crippen LogP contribution is -2.40. The molecule has 1 aromatic rings. The smallest absolute Gasteiger partial charge is 0.338 e. The summed E-state index contributed by atoms with van der Waals surface area (Å²) in [4.78, 5) is 49.5. The van der Waals surface area contributed by atoms with Crippen molar-refractivity contribution < 1.29 is 38.1 Å². The first-order valence-corrected chi connectivity index (χ1v) is 7.96. The molecule has 27 heavy (non-hydrogen) atoms. The number of benzene rings is 1. The van der Waals surface area contributed by atoms with E-state index in [1.807, 2.05) is 0 Å². The van der Waals surface area contributed by atoms with Crippen LogP contribution in [0.3, 0.4) is 0 Å². The van der Waals surface area contributed by atoms with E-state index in [4.69, 9.17) is 18.9 Å². The first kappa shape index (κ1) is 18.5. The Morgan fingerprint density at radius 3 is 2.56 bits per heavy atom. The number of epoxide rings is 1. The van der Waals surface area contributed by atoms with Crippen molar-refractivity contribution in [1.29, 1.82) is 0 Å². The average Bonchev–Trinajstić information content (AvgIpc) is 3.42. The van der Waals surface area contributed by atoms with Crippen LogP contribution in [0.2, 0.25) is 0 Å². The van der Waals surface area contributed by atoms with E-state index in [9.17, 15) is 19.2 Å². The molecule has 0 amide bonds. The normalized spacial score (nSPS) is 23.1. The summed E-state index contributed by atoms with van der Waals surface area (Å²) < 4.78 is 20.5. The molecule has 1 saturated heterocycles. The van der Waals surface area contributed by atoms with E-state index >= 15 is 0 Å². The summed E-state index contributed by atoms with van der Waals surface area (Å²) in [7, 11) is 2.48. The van der Waals surface area contributed by atoms with Crippen molar-refractivity contribution >= 4 is 23.8 Å². The van der Waals surface area contributed by atoms with E-state index in [0.717, 1.165) is 13.2 Å². The number of rotatable bonds is 6. The highest BCUT2D eigenvalue weighted by Crippen LogP contribution is 2.46. The van der Waals surface area contributed by atoms with Gasteiger partial charge in [-0.05, 0) is 25.1 Å². The van der Waals surface area contributed by atoms with E-state index in [1.165, 1.54) is 19.2 Å². The van der Waals surface area contributed by atoms with Crippen LogP contribution >= 0.6 is 0 Å². The summed E-state index contributed by atoms with van der Waals surface area (Å²) in [6.07, 6.45) is 3.63. The highest BCUT2D eigenvalue weighted by molar-refractivity contribution is 6.27. The minimum Gasteiger partial charge on any atom is -0.497 e. The molecule has 2 aliphatic heterocycles. The van der Waals surface area contributed by atoms with Gasteiger partial charge in [-0.2, -0.15) is 0 Å². The number of carbonyl (C=O) groups excluding carboxylic acids is 4. The van der Waals surface area contributed by atoms with Crippen LogP contribution in [0.25, 0.3) is 0 Å². The van der Waals surface area contributed by atoms with Crippen molar-refractivity contribution in [3.8, 4) is 5.75 Å². The molecular formula is C19H16O8. The average molecular weight is 372 g/mol. The number of aldehydes is 1. The van der Waals surface area contributed by atoms with E-state index in [2.05, 4.69) is 0 Å². The van der Waals surface area contributed by atoms with Crippen molar-refractivity contribution in [3.05, 3.63) is 52.8 Å². The molecule has 140 valence electrons. The number of hydrogen-bond donors (Lipinski definition) is 0. The molecule has 1 aromatic carbocycles. The number of ether oxygens (including phenoxy) is 4. The van der Waals surface area contributed by atoms with Gasteiger partial charge in [0.05, 0.1) is 19.8 Å². The van der Waals surface area contributed by atoms with Crippen LogP contribution in [-0.2, 0) is 19.0 Å². The zero-order valence-corrected chi connectivity index (χ0v) is 14.8. The zero-order chi connectivity index (χ0) is 19.8. The van der Waals surface area contributed by atoms with Gasteiger partial charge in [0.15, 0.2) is 6.29 Å². The van der Waals surface area contributed by atoms with Crippen molar-refractivity contribution in [2.45, 2.75) is 18.8 Å². The minimum atomic E-state index is -1.92. The van der Waals surface area contributed by atoms with Crippen molar-refractivity contribution in [2.24, 2.45) is 0 Å². The first-order chi connectivity index (χ1) is 12.9. The molecule has 3 rings (SSSR count). The molecule has 0 aliphatic carbocycles. The number of fused-ring (bicyclic) bond motifs is 1. The maximum atomic E-state index is 13.2. The number of esters is 1. The van der Waals surface area contributed by atoms with Crippen LogP contribution in [0.5, 0.6) is 5.75 Å². The Labute approximate surface area is 154 Å². The van der Waals surface area contributed by atoms with Crippen molar-refractivity contribution in [2.75, 3.05) is 14.2 Å². The Kier molecular flexibility index (Phi) is 4.67. The summed E-state index contributed by atoms with van der Waals surface area (Å²) in [5, 5.41) is 0. The fraction of sp³-hybridized carbons (Fsp3) is 0.263. The van der Waals surface area contributed by atoms with Gasteiger partial charge in [0.1, 0.15) is 11.5 Å². The fourth-order valence-corrected chi connectivity index (χ4v) is 2.89. The van der Waals surface area contributed by atoms with Gasteiger partial charge in [0.25, 0.3) is 5.60 Å². The van der Waals surface area contributed by atoms with Gasteiger partial charge in [0, 0.05) is 17.2 Å². The van der Waals surface area contributed by atoms with Gasteiger partial charge < -0.3 is 18.9 Å². The lowest BCUT2D eigenvalue weighted by atomic mass is 9.86. The van der Waals surface area contributed by atoms with Crippen molar-refractivity contribution in [3.63, 3.8) is 0 Å². The third-order valence-electron chi connectivity index (χ3n) is 4.26. The molecule has 0 saturated carbocycles. The molecular weight excluding hydrogens is 356 g/mol. The number of hydrogen-bond acceptors (Lipinski definition) is 8. The van der Waals surface area contributed by atoms with Crippen LogP contribution in [0, 0.1) is 0 Å². The van der Waals surface area contributed by atoms with Gasteiger partial charge in [-0.15, -0.1) is 0 Å². The van der Waals surface area contributed by atoms with E-state index in [0.29, 0.717) is 6.29 Å². The highest BCUT2D eigenvalue weighted by atomic mass is 16.8. The zero-order valence-electron chi connectivity index (χ0n) is 14.8. The van der Waals surface area contributed by atoms with Crippen LogP contribution in [0.15, 0.2) is 36.1 Å². The maximum Gasteiger partial charge on any atom is 0.338 e. The predicted octanol–water partition coefficient (Wildman–Crippen LogP) is 1.63. The Hall–Kier alpha value is -3.26. The van der Waals surface area contributed by atoms with E-state index in [1.54, 1.807) is 19.1 Å². The van der Waals surface area contributed by atoms with E-state index in [-0.39, 0.29) is 28.2 Å². The predicted molar refractivity (Wildman–Crippen MR) is 90.6 cm³/mol. The molecule has 0 N–H and O–H groups in total. The Balaban J connectivity index is 2.12. The summed E-state index contributed by atoms with van der Waals surface area (Å²) >= 11 is 0. The number of allylic oxidation sites excluding steroid dienone is 2. The van der Waals surface area contributed by atoms with Crippen molar-refractivity contribution in [1.82, 2.24) is 0 Å². The quantitative estimate of drug-likeness (QED) is 0.244. The van der Waals surface area contributed by atoms with Crippen LogP contribution in [-0.4, -0.2) is 49.9 Å². The molecule has 2 heterocycles. The molecule has 1 fully saturated rings. The second kappa shape index (κ2) is 6.81. The third-order valence-corrected chi connectivity index (χ3v) is 4.26. The van der Waals surface area contributed by atoms with Crippen LogP contribution in [0.4, 0.5) is 0 Å². The molecule has 0 bridgehead atoms.